The molecule has 2 rings (SSSR count). The van der Waals surface area contributed by atoms with Crippen LogP contribution in [0.5, 0.6) is 0 Å². The lowest BCUT2D eigenvalue weighted by molar-refractivity contribution is -0.117. The number of amides is 1. The lowest BCUT2D eigenvalue weighted by atomic mass is 9.98. The molecule has 1 heterocycles. The van der Waals surface area contributed by atoms with Crippen molar-refractivity contribution in [1.82, 2.24) is 5.32 Å². The van der Waals surface area contributed by atoms with Crippen LogP contribution >= 0.6 is 0 Å². The Morgan fingerprint density at radius 2 is 1.89 bits per heavy atom. The highest BCUT2D eigenvalue weighted by Crippen LogP contribution is 2.23. The zero-order valence-electron chi connectivity index (χ0n) is 11.3. The highest BCUT2D eigenvalue weighted by molar-refractivity contribution is 5.92. The van der Waals surface area contributed by atoms with Crippen LogP contribution in [0.1, 0.15) is 31.4 Å². The zero-order valence-corrected chi connectivity index (χ0v) is 11.3. The highest BCUT2D eigenvalue weighted by atomic mass is 16.1. The Labute approximate surface area is 109 Å². The molecule has 0 unspecified atom stereocenters. The van der Waals surface area contributed by atoms with Gasteiger partial charge in [-0.1, -0.05) is 32.0 Å². The van der Waals surface area contributed by atoms with E-state index < -0.39 is 0 Å². The van der Waals surface area contributed by atoms with Gasteiger partial charge in [-0.05, 0) is 43.0 Å². The standard InChI is InChI=1S/C15H22N2O/c1-3-12-6-5-7-13(4-2)15(12)17-14(18)8-11-9-16-10-11/h5-7,11,16H,3-4,8-10H2,1-2H3,(H,17,18). The molecule has 1 aromatic carbocycles. The summed E-state index contributed by atoms with van der Waals surface area (Å²) in [5.74, 6) is 0.668. The lowest BCUT2D eigenvalue weighted by Crippen LogP contribution is -2.43. The van der Waals surface area contributed by atoms with Crippen molar-refractivity contribution < 1.29 is 4.79 Å². The summed E-state index contributed by atoms with van der Waals surface area (Å²) in [7, 11) is 0. The van der Waals surface area contributed by atoms with E-state index in [0.29, 0.717) is 12.3 Å². The van der Waals surface area contributed by atoms with Gasteiger partial charge in [0, 0.05) is 12.1 Å². The molecule has 1 aromatic rings. The average Bonchev–Trinajstić information content (AvgIpc) is 2.34. The molecule has 1 aliphatic rings. The third-order valence-corrected chi connectivity index (χ3v) is 3.60. The number of hydrogen-bond acceptors (Lipinski definition) is 2. The molecule has 0 radical (unpaired) electrons. The summed E-state index contributed by atoms with van der Waals surface area (Å²) in [6, 6.07) is 6.27. The zero-order chi connectivity index (χ0) is 13.0. The van der Waals surface area contributed by atoms with Gasteiger partial charge >= 0.3 is 0 Å². The molecular formula is C15H22N2O. The molecule has 1 saturated heterocycles. The predicted octanol–water partition coefficient (Wildman–Crippen LogP) is 2.36. The number of carbonyl (C=O) groups excluding carboxylic acids is 1. The summed E-state index contributed by atoms with van der Waals surface area (Å²) in [5.41, 5.74) is 3.50. The van der Waals surface area contributed by atoms with Crippen LogP contribution in [0.3, 0.4) is 0 Å². The Morgan fingerprint density at radius 1 is 1.28 bits per heavy atom. The van der Waals surface area contributed by atoms with Crippen molar-refractivity contribution in [2.75, 3.05) is 18.4 Å². The van der Waals surface area contributed by atoms with Gasteiger partial charge in [0.1, 0.15) is 0 Å². The number of carbonyl (C=O) groups is 1. The quantitative estimate of drug-likeness (QED) is 0.837. The van der Waals surface area contributed by atoms with Crippen molar-refractivity contribution in [1.29, 1.82) is 0 Å². The Morgan fingerprint density at radius 3 is 2.33 bits per heavy atom. The van der Waals surface area contributed by atoms with Crippen LogP contribution in [0, 0.1) is 5.92 Å². The van der Waals surface area contributed by atoms with Gasteiger partial charge in [-0.25, -0.2) is 0 Å². The van der Waals surface area contributed by atoms with Crippen molar-refractivity contribution in [3.05, 3.63) is 29.3 Å². The van der Waals surface area contributed by atoms with Gasteiger partial charge in [0.25, 0.3) is 0 Å². The number of para-hydroxylation sites is 1. The average molecular weight is 246 g/mol. The first-order valence-electron chi connectivity index (χ1n) is 6.85. The molecule has 98 valence electrons. The summed E-state index contributed by atoms with van der Waals surface area (Å²) >= 11 is 0. The molecule has 0 aliphatic carbocycles. The molecule has 0 spiro atoms. The van der Waals surface area contributed by atoms with Gasteiger partial charge in [0.2, 0.25) is 5.91 Å². The molecular weight excluding hydrogens is 224 g/mol. The fourth-order valence-electron chi connectivity index (χ4n) is 2.35. The second-order valence-electron chi connectivity index (χ2n) is 4.93. The number of nitrogens with one attached hydrogen (secondary N) is 2. The summed E-state index contributed by atoms with van der Waals surface area (Å²) < 4.78 is 0. The molecule has 18 heavy (non-hydrogen) atoms. The summed E-state index contributed by atoms with van der Waals surface area (Å²) in [6.07, 6.45) is 2.54. The van der Waals surface area contributed by atoms with Crippen LogP contribution in [0.15, 0.2) is 18.2 Å². The lowest BCUT2D eigenvalue weighted by Gasteiger charge is -2.26. The van der Waals surface area contributed by atoms with Gasteiger partial charge in [-0.3, -0.25) is 4.79 Å². The number of hydrogen-bond donors (Lipinski definition) is 2. The van der Waals surface area contributed by atoms with Crippen molar-refractivity contribution in [3.8, 4) is 0 Å². The van der Waals surface area contributed by atoms with Crippen LogP contribution in [0.4, 0.5) is 5.69 Å². The molecule has 1 amide bonds. The van der Waals surface area contributed by atoms with Gasteiger partial charge in [0.15, 0.2) is 0 Å². The first-order valence-corrected chi connectivity index (χ1v) is 6.85. The minimum atomic E-state index is 0.150. The Balaban J connectivity index is 2.08. The predicted molar refractivity (Wildman–Crippen MR) is 74.8 cm³/mol. The molecule has 0 bridgehead atoms. The number of aryl methyl sites for hydroxylation is 2. The fourth-order valence-corrected chi connectivity index (χ4v) is 2.35. The van der Waals surface area contributed by atoms with Gasteiger partial charge in [-0.2, -0.15) is 0 Å². The normalized spacial score (nSPS) is 15.2. The maximum absolute atomic E-state index is 12.0. The molecule has 1 aliphatic heterocycles. The Kier molecular flexibility index (Phi) is 4.37. The molecule has 0 aromatic heterocycles. The third-order valence-electron chi connectivity index (χ3n) is 3.60. The van der Waals surface area contributed by atoms with Crippen molar-refractivity contribution in [3.63, 3.8) is 0 Å². The fraction of sp³-hybridized carbons (Fsp3) is 0.533. The second-order valence-corrected chi connectivity index (χ2v) is 4.93. The molecule has 3 nitrogen and oxygen atoms in total. The van der Waals surface area contributed by atoms with E-state index in [4.69, 9.17) is 0 Å². The smallest absolute Gasteiger partial charge is 0.224 e. The van der Waals surface area contributed by atoms with Crippen molar-refractivity contribution in [2.24, 2.45) is 5.92 Å². The summed E-state index contributed by atoms with van der Waals surface area (Å²) in [4.78, 5) is 12.0. The molecule has 0 atom stereocenters. The first kappa shape index (κ1) is 13.1. The summed E-state index contributed by atoms with van der Waals surface area (Å²) in [6.45, 7) is 6.20. The van der Waals surface area contributed by atoms with Gasteiger partial charge < -0.3 is 10.6 Å². The third kappa shape index (κ3) is 2.91. The number of rotatable bonds is 5. The van der Waals surface area contributed by atoms with E-state index in [1.54, 1.807) is 0 Å². The first-order chi connectivity index (χ1) is 8.74. The SMILES string of the molecule is CCc1cccc(CC)c1NC(=O)CC1CNC1. The highest BCUT2D eigenvalue weighted by Gasteiger charge is 2.20. The second kappa shape index (κ2) is 6.01. The van der Waals surface area contributed by atoms with E-state index in [9.17, 15) is 4.79 Å². The monoisotopic (exact) mass is 246 g/mol. The van der Waals surface area contributed by atoms with Crippen LogP contribution in [0.25, 0.3) is 0 Å². The van der Waals surface area contributed by atoms with E-state index in [2.05, 4.69) is 42.7 Å². The molecule has 0 saturated carbocycles. The maximum atomic E-state index is 12.0. The maximum Gasteiger partial charge on any atom is 0.224 e. The largest absolute Gasteiger partial charge is 0.326 e. The van der Waals surface area contributed by atoms with Gasteiger partial charge in [-0.15, -0.1) is 0 Å². The van der Waals surface area contributed by atoms with Gasteiger partial charge in [0.05, 0.1) is 0 Å². The summed E-state index contributed by atoms with van der Waals surface area (Å²) in [5, 5.41) is 6.31. The number of anilines is 1. The minimum Gasteiger partial charge on any atom is -0.326 e. The van der Waals surface area contributed by atoms with Crippen LogP contribution in [0.2, 0.25) is 0 Å². The van der Waals surface area contributed by atoms with Crippen molar-refractivity contribution in [2.45, 2.75) is 33.1 Å². The minimum absolute atomic E-state index is 0.150. The van der Waals surface area contributed by atoms with E-state index in [-0.39, 0.29) is 5.91 Å². The topological polar surface area (TPSA) is 41.1 Å². The van der Waals surface area contributed by atoms with Crippen LogP contribution < -0.4 is 10.6 Å². The molecule has 1 fully saturated rings. The van der Waals surface area contributed by atoms with Crippen LogP contribution in [-0.4, -0.2) is 19.0 Å². The van der Waals surface area contributed by atoms with E-state index >= 15 is 0 Å². The molecule has 2 N–H and O–H groups in total. The Hall–Kier alpha value is -1.35. The molecule has 3 heteroatoms. The van der Waals surface area contributed by atoms with Crippen LogP contribution in [-0.2, 0) is 17.6 Å². The van der Waals surface area contributed by atoms with E-state index in [0.717, 1.165) is 31.6 Å². The number of benzene rings is 1. The van der Waals surface area contributed by atoms with Crippen molar-refractivity contribution >= 4 is 11.6 Å². The Bertz CT molecular complexity index is 402. The van der Waals surface area contributed by atoms with E-state index in [1.165, 1.54) is 11.1 Å². The van der Waals surface area contributed by atoms with E-state index in [1.807, 2.05) is 0 Å².